The molecule has 0 atom stereocenters. The van der Waals surface area contributed by atoms with Crippen LogP contribution in [0.15, 0.2) is 11.4 Å². The number of rotatable bonds is 3. The topological polar surface area (TPSA) is 46.4 Å². The molecule has 0 spiro atoms. The molecule has 1 heterocycles. The summed E-state index contributed by atoms with van der Waals surface area (Å²) in [6, 6.07) is 1.48. The van der Waals surface area contributed by atoms with Crippen LogP contribution in [0.1, 0.15) is 0 Å². The van der Waals surface area contributed by atoms with E-state index in [9.17, 15) is 10.1 Å². The van der Waals surface area contributed by atoms with Gasteiger partial charge in [-0.15, -0.1) is 17.8 Å². The Morgan fingerprint density at radius 2 is 2.54 bits per heavy atom. The Balaban J connectivity index is 2.94. The summed E-state index contributed by atoms with van der Waals surface area (Å²) in [6.45, 7) is 0.376. The van der Waals surface area contributed by atoms with E-state index in [4.69, 9.17) is 6.42 Å². The maximum absolute atomic E-state index is 10.5. The Hall–Kier alpha value is -1.54. The minimum atomic E-state index is -0.404. The highest BCUT2D eigenvalue weighted by atomic mass is 32.1. The maximum Gasteiger partial charge on any atom is 0.303 e. The van der Waals surface area contributed by atoms with E-state index in [1.54, 1.807) is 17.3 Å². The van der Waals surface area contributed by atoms with Crippen molar-refractivity contribution < 1.29 is 4.92 Å². The highest BCUT2D eigenvalue weighted by Crippen LogP contribution is 2.32. The molecule has 0 saturated heterocycles. The molecule has 4 nitrogen and oxygen atoms in total. The minimum absolute atomic E-state index is 0.114. The van der Waals surface area contributed by atoms with Crippen molar-refractivity contribution in [3.63, 3.8) is 0 Å². The lowest BCUT2D eigenvalue weighted by Gasteiger charge is -2.11. The molecule has 0 aliphatic heterocycles. The molecule has 1 aromatic heterocycles. The van der Waals surface area contributed by atoms with Crippen LogP contribution < -0.4 is 4.90 Å². The molecular formula is C8H8N2O2S. The average Bonchev–Trinajstić information content (AvgIpc) is 2.52. The number of thiophene rings is 1. The van der Waals surface area contributed by atoms with Gasteiger partial charge in [-0.05, 0) is 5.38 Å². The van der Waals surface area contributed by atoms with Crippen molar-refractivity contribution >= 4 is 22.0 Å². The molecule has 0 amide bonds. The second-order valence-electron chi connectivity index (χ2n) is 2.43. The third kappa shape index (κ3) is 1.98. The normalized spacial score (nSPS) is 9.23. The van der Waals surface area contributed by atoms with Crippen molar-refractivity contribution in [1.82, 2.24) is 0 Å². The Labute approximate surface area is 79.9 Å². The summed E-state index contributed by atoms with van der Waals surface area (Å²) < 4.78 is 0. The van der Waals surface area contributed by atoms with Gasteiger partial charge in [-0.25, -0.2) is 0 Å². The Morgan fingerprint density at radius 3 is 3.08 bits per heavy atom. The molecule has 0 fully saturated rings. The predicted octanol–water partition coefficient (Wildman–Crippen LogP) is 1.73. The van der Waals surface area contributed by atoms with Gasteiger partial charge in [-0.2, -0.15) is 0 Å². The molecule has 0 aromatic carbocycles. The van der Waals surface area contributed by atoms with Crippen LogP contribution in [0.25, 0.3) is 0 Å². The van der Waals surface area contributed by atoms with Crippen LogP contribution in [0.4, 0.5) is 10.7 Å². The van der Waals surface area contributed by atoms with Crippen molar-refractivity contribution in [3.8, 4) is 12.3 Å². The van der Waals surface area contributed by atoms with Crippen molar-refractivity contribution in [2.75, 3.05) is 18.5 Å². The molecule has 0 bridgehead atoms. The first-order valence-corrected chi connectivity index (χ1v) is 4.41. The largest absolute Gasteiger partial charge is 0.350 e. The van der Waals surface area contributed by atoms with E-state index in [1.807, 2.05) is 0 Å². The number of hydrogen-bond acceptors (Lipinski definition) is 4. The monoisotopic (exact) mass is 196 g/mol. The number of anilines is 1. The van der Waals surface area contributed by atoms with Crippen LogP contribution in [0.2, 0.25) is 0 Å². The molecule has 5 heteroatoms. The van der Waals surface area contributed by atoms with E-state index >= 15 is 0 Å². The maximum atomic E-state index is 10.5. The lowest BCUT2D eigenvalue weighted by molar-refractivity contribution is -0.383. The van der Waals surface area contributed by atoms with Gasteiger partial charge in [-0.1, -0.05) is 5.92 Å². The zero-order chi connectivity index (χ0) is 9.84. The first-order valence-electron chi connectivity index (χ1n) is 3.53. The summed E-state index contributed by atoms with van der Waals surface area (Å²) >= 11 is 1.31. The SMILES string of the molecule is C#CCN(C)c1sccc1[N+](=O)[O-]. The van der Waals surface area contributed by atoms with E-state index < -0.39 is 4.92 Å². The first kappa shape index (κ1) is 9.55. The molecule has 1 rings (SSSR count). The fraction of sp³-hybridized carbons (Fsp3) is 0.250. The van der Waals surface area contributed by atoms with Crippen LogP contribution in [-0.2, 0) is 0 Å². The lowest BCUT2D eigenvalue weighted by atomic mass is 10.4. The van der Waals surface area contributed by atoms with Crippen LogP contribution in [0.5, 0.6) is 0 Å². The van der Waals surface area contributed by atoms with Gasteiger partial charge in [0.05, 0.1) is 11.5 Å². The molecule has 0 radical (unpaired) electrons. The highest BCUT2D eigenvalue weighted by Gasteiger charge is 2.17. The van der Waals surface area contributed by atoms with E-state index in [0.29, 0.717) is 11.5 Å². The van der Waals surface area contributed by atoms with Crippen LogP contribution in [0.3, 0.4) is 0 Å². The van der Waals surface area contributed by atoms with E-state index in [1.165, 1.54) is 17.4 Å². The van der Waals surface area contributed by atoms with Gasteiger partial charge in [0.25, 0.3) is 0 Å². The third-order valence-corrected chi connectivity index (χ3v) is 2.51. The minimum Gasteiger partial charge on any atom is -0.350 e. The Bertz CT molecular complexity index is 353. The summed E-state index contributed by atoms with van der Waals surface area (Å²) in [5, 5.41) is 12.8. The van der Waals surface area contributed by atoms with Crippen LogP contribution >= 0.6 is 11.3 Å². The smallest absolute Gasteiger partial charge is 0.303 e. The summed E-state index contributed by atoms with van der Waals surface area (Å²) in [5.74, 6) is 2.43. The fourth-order valence-corrected chi connectivity index (χ4v) is 1.76. The van der Waals surface area contributed by atoms with Gasteiger partial charge >= 0.3 is 5.69 Å². The molecule has 0 unspecified atom stereocenters. The average molecular weight is 196 g/mol. The molecule has 0 saturated carbocycles. The van der Waals surface area contributed by atoms with Crippen molar-refractivity contribution in [2.24, 2.45) is 0 Å². The van der Waals surface area contributed by atoms with Gasteiger partial charge in [0.15, 0.2) is 5.00 Å². The standard InChI is InChI=1S/C8H8N2O2S/c1-3-5-9(2)8-7(10(11)12)4-6-13-8/h1,4,6H,5H2,2H3. The number of terminal acetylenes is 1. The Kier molecular flexibility index (Phi) is 2.88. The second kappa shape index (κ2) is 3.92. The fourth-order valence-electron chi connectivity index (χ4n) is 0.928. The summed E-state index contributed by atoms with van der Waals surface area (Å²) in [6.07, 6.45) is 5.10. The van der Waals surface area contributed by atoms with E-state index in [0.717, 1.165) is 0 Å². The molecule has 0 aliphatic rings. The summed E-state index contributed by atoms with van der Waals surface area (Å²) in [5.41, 5.74) is 0.114. The van der Waals surface area contributed by atoms with Crippen LogP contribution in [-0.4, -0.2) is 18.5 Å². The van der Waals surface area contributed by atoms with Gasteiger partial charge in [0.2, 0.25) is 0 Å². The number of nitro groups is 1. The molecular weight excluding hydrogens is 188 g/mol. The quantitative estimate of drug-likeness (QED) is 0.420. The summed E-state index contributed by atoms with van der Waals surface area (Å²) in [4.78, 5) is 11.8. The zero-order valence-corrected chi connectivity index (χ0v) is 7.87. The lowest BCUT2D eigenvalue weighted by Crippen LogP contribution is -2.16. The second-order valence-corrected chi connectivity index (χ2v) is 3.32. The highest BCUT2D eigenvalue weighted by molar-refractivity contribution is 7.14. The molecule has 0 aliphatic carbocycles. The van der Waals surface area contributed by atoms with Gasteiger partial charge in [-0.3, -0.25) is 10.1 Å². The number of nitrogens with zero attached hydrogens (tertiary/aromatic N) is 2. The van der Waals surface area contributed by atoms with Crippen molar-refractivity contribution in [2.45, 2.75) is 0 Å². The third-order valence-electron chi connectivity index (χ3n) is 1.50. The van der Waals surface area contributed by atoms with E-state index in [2.05, 4.69) is 5.92 Å². The van der Waals surface area contributed by atoms with Crippen molar-refractivity contribution in [1.29, 1.82) is 0 Å². The van der Waals surface area contributed by atoms with Crippen LogP contribution in [0, 0.1) is 22.5 Å². The molecule has 13 heavy (non-hydrogen) atoms. The van der Waals surface area contributed by atoms with E-state index in [-0.39, 0.29) is 5.69 Å². The molecule has 0 N–H and O–H groups in total. The van der Waals surface area contributed by atoms with Gasteiger partial charge < -0.3 is 4.90 Å². The van der Waals surface area contributed by atoms with Gasteiger partial charge in [0.1, 0.15) is 0 Å². The van der Waals surface area contributed by atoms with Crippen molar-refractivity contribution in [3.05, 3.63) is 21.6 Å². The number of hydrogen-bond donors (Lipinski definition) is 0. The predicted molar refractivity (Wildman–Crippen MR) is 53.1 cm³/mol. The summed E-state index contributed by atoms with van der Waals surface area (Å²) in [7, 11) is 1.73. The van der Waals surface area contributed by atoms with Gasteiger partial charge in [0, 0.05) is 13.1 Å². The Morgan fingerprint density at radius 1 is 1.85 bits per heavy atom. The molecule has 68 valence electrons. The molecule has 1 aromatic rings. The zero-order valence-electron chi connectivity index (χ0n) is 7.06. The first-order chi connectivity index (χ1) is 6.16.